The average Bonchev–Trinajstić information content (AvgIpc) is 3.66. The van der Waals surface area contributed by atoms with E-state index in [2.05, 4.69) is 54.7 Å². The molecule has 0 aliphatic carbocycles. The summed E-state index contributed by atoms with van der Waals surface area (Å²) >= 11 is 0. The molecular formula is C28H47N7O2. The first kappa shape index (κ1) is 27.8. The molecule has 0 radical (unpaired) electrons. The van der Waals surface area contributed by atoms with Gasteiger partial charge in [-0.25, -0.2) is 9.97 Å². The van der Waals surface area contributed by atoms with Gasteiger partial charge in [-0.2, -0.15) is 0 Å². The van der Waals surface area contributed by atoms with Crippen LogP contribution >= 0.6 is 0 Å². The van der Waals surface area contributed by atoms with Crippen LogP contribution in [0.4, 0.5) is 0 Å². The number of likely N-dealkylation sites (tertiary alicyclic amines) is 2. The van der Waals surface area contributed by atoms with Gasteiger partial charge in [-0.15, -0.1) is 0 Å². The quantitative estimate of drug-likeness (QED) is 0.312. The fourth-order valence-corrected chi connectivity index (χ4v) is 6.43. The zero-order valence-corrected chi connectivity index (χ0v) is 22.9. The van der Waals surface area contributed by atoms with Crippen molar-refractivity contribution in [1.29, 1.82) is 0 Å². The smallest absolute Gasteiger partial charge is 0.303 e. The molecule has 37 heavy (non-hydrogen) atoms. The molecule has 4 heterocycles. The number of H-pyrrole nitrogens is 1. The fourth-order valence-electron chi connectivity index (χ4n) is 6.43. The number of hydrogen-bond donors (Lipinski definition) is 3. The molecule has 2 aromatic rings. The summed E-state index contributed by atoms with van der Waals surface area (Å²) in [5, 5.41) is 12.4. The number of piperidine rings is 1. The zero-order chi connectivity index (χ0) is 26.1. The molecule has 1 atom stereocenters. The van der Waals surface area contributed by atoms with Gasteiger partial charge in [0.1, 0.15) is 11.6 Å². The maximum Gasteiger partial charge on any atom is 0.303 e. The molecule has 2 aliphatic heterocycles. The van der Waals surface area contributed by atoms with E-state index >= 15 is 0 Å². The van der Waals surface area contributed by atoms with E-state index in [4.69, 9.17) is 5.11 Å². The molecule has 9 heteroatoms. The van der Waals surface area contributed by atoms with Crippen LogP contribution in [-0.4, -0.2) is 85.7 Å². The Morgan fingerprint density at radius 2 is 1.89 bits per heavy atom. The lowest BCUT2D eigenvalue weighted by Gasteiger charge is -2.42. The zero-order valence-electron chi connectivity index (χ0n) is 22.9. The van der Waals surface area contributed by atoms with Gasteiger partial charge in [0.25, 0.3) is 0 Å². The number of aromatic nitrogens is 4. The van der Waals surface area contributed by atoms with Crippen LogP contribution in [0.5, 0.6) is 0 Å². The summed E-state index contributed by atoms with van der Waals surface area (Å²) in [5.74, 6) is 1.14. The summed E-state index contributed by atoms with van der Waals surface area (Å²) in [5.41, 5.74) is 0.547. The van der Waals surface area contributed by atoms with Crippen LogP contribution in [-0.2, 0) is 17.8 Å². The van der Waals surface area contributed by atoms with Gasteiger partial charge < -0.3 is 29.8 Å². The Hall–Kier alpha value is -2.23. The van der Waals surface area contributed by atoms with Gasteiger partial charge >= 0.3 is 5.97 Å². The predicted octanol–water partition coefficient (Wildman–Crippen LogP) is 3.71. The summed E-state index contributed by atoms with van der Waals surface area (Å²) < 4.78 is 2.27. The van der Waals surface area contributed by atoms with E-state index in [0.29, 0.717) is 24.8 Å². The van der Waals surface area contributed by atoms with Crippen molar-refractivity contribution in [2.24, 2.45) is 5.41 Å². The number of aryl methyl sites for hydroxylation is 1. The van der Waals surface area contributed by atoms with Crippen LogP contribution in [0.3, 0.4) is 0 Å². The van der Waals surface area contributed by atoms with E-state index in [-0.39, 0.29) is 12.5 Å². The number of nitrogens with one attached hydrogen (secondary N) is 2. The molecule has 3 N–H and O–H groups in total. The topological polar surface area (TPSA) is 102 Å². The van der Waals surface area contributed by atoms with E-state index in [1.807, 2.05) is 12.4 Å². The van der Waals surface area contributed by atoms with Crippen molar-refractivity contribution in [3.05, 3.63) is 36.4 Å². The number of aromatic amines is 1. The molecule has 206 valence electrons. The molecule has 1 spiro atoms. The predicted molar refractivity (Wildman–Crippen MR) is 145 cm³/mol. The minimum atomic E-state index is -0.761. The third-order valence-corrected chi connectivity index (χ3v) is 8.70. The van der Waals surface area contributed by atoms with Crippen LogP contribution in [0.15, 0.2) is 24.8 Å². The SMILES string of the molecule is CCC(CC)N1CCC2(CCN(CCCn3ccnc3CC(NCCCC(=O)O)c3ncc[nH]3)C2)CC1. The summed E-state index contributed by atoms with van der Waals surface area (Å²) in [6.45, 7) is 12.5. The molecule has 2 aromatic heterocycles. The molecule has 9 nitrogen and oxygen atoms in total. The third kappa shape index (κ3) is 7.65. The van der Waals surface area contributed by atoms with Gasteiger partial charge in [-0.1, -0.05) is 13.8 Å². The Bertz CT molecular complexity index is 932. The Morgan fingerprint density at radius 3 is 2.59 bits per heavy atom. The van der Waals surface area contributed by atoms with Crippen molar-refractivity contribution in [3.63, 3.8) is 0 Å². The number of rotatable bonds is 15. The highest BCUT2D eigenvalue weighted by Gasteiger charge is 2.40. The Morgan fingerprint density at radius 1 is 1.11 bits per heavy atom. The van der Waals surface area contributed by atoms with Crippen LogP contribution in [0, 0.1) is 5.41 Å². The average molecular weight is 514 g/mol. The summed E-state index contributed by atoms with van der Waals surface area (Å²) in [6.07, 6.45) is 16.8. The monoisotopic (exact) mass is 513 g/mol. The summed E-state index contributed by atoms with van der Waals surface area (Å²) in [6, 6.07) is 0.751. The molecule has 2 aliphatic rings. The van der Waals surface area contributed by atoms with E-state index < -0.39 is 5.97 Å². The van der Waals surface area contributed by atoms with Crippen molar-refractivity contribution < 1.29 is 9.90 Å². The van der Waals surface area contributed by atoms with Gasteiger partial charge in [0.15, 0.2) is 0 Å². The van der Waals surface area contributed by atoms with Gasteiger partial charge in [0, 0.05) is 56.8 Å². The second-order valence-corrected chi connectivity index (χ2v) is 11.1. The van der Waals surface area contributed by atoms with Crippen molar-refractivity contribution in [2.45, 2.75) is 90.3 Å². The Labute approximate surface area is 222 Å². The number of carboxylic acid groups (broad SMARTS) is 1. The highest BCUT2D eigenvalue weighted by atomic mass is 16.4. The fraction of sp³-hybridized carbons (Fsp3) is 0.750. The normalized spacial score (nSPS) is 19.2. The molecule has 0 bridgehead atoms. The molecule has 2 saturated heterocycles. The molecule has 4 rings (SSSR count). The molecular weight excluding hydrogens is 466 g/mol. The minimum Gasteiger partial charge on any atom is -0.481 e. The number of nitrogens with zero attached hydrogens (tertiary/aromatic N) is 5. The van der Waals surface area contributed by atoms with E-state index in [1.54, 1.807) is 6.20 Å². The van der Waals surface area contributed by atoms with Crippen molar-refractivity contribution in [1.82, 2.24) is 34.6 Å². The lowest BCUT2D eigenvalue weighted by atomic mass is 9.77. The van der Waals surface area contributed by atoms with Crippen molar-refractivity contribution in [2.75, 3.05) is 39.3 Å². The van der Waals surface area contributed by atoms with E-state index in [0.717, 1.165) is 37.2 Å². The van der Waals surface area contributed by atoms with Gasteiger partial charge in [0.05, 0.1) is 6.04 Å². The summed E-state index contributed by atoms with van der Waals surface area (Å²) in [4.78, 5) is 28.6. The number of imidazole rings is 2. The van der Waals surface area contributed by atoms with Crippen LogP contribution in [0.1, 0.15) is 82.9 Å². The number of hydrogen-bond acceptors (Lipinski definition) is 6. The first-order valence-corrected chi connectivity index (χ1v) is 14.4. The first-order valence-electron chi connectivity index (χ1n) is 14.4. The molecule has 2 fully saturated rings. The van der Waals surface area contributed by atoms with Crippen LogP contribution in [0.25, 0.3) is 0 Å². The Balaban J connectivity index is 1.23. The minimum absolute atomic E-state index is 0.0192. The molecule has 0 amide bonds. The second kappa shape index (κ2) is 13.5. The van der Waals surface area contributed by atoms with E-state index in [1.165, 1.54) is 58.3 Å². The molecule has 0 saturated carbocycles. The Kier molecular flexibility index (Phi) is 10.2. The van der Waals surface area contributed by atoms with Crippen molar-refractivity contribution >= 4 is 5.97 Å². The lowest BCUT2D eigenvalue weighted by molar-refractivity contribution is -0.137. The standard InChI is InChI=1S/C28H47N7O2/c1-3-23(4-2)34-18-9-28(10-19-34)8-17-33(22-28)15-6-16-35-20-14-30-25(35)21-24(27-31-12-13-32-27)29-11-5-7-26(36)37/h12-14,20,23-24,29H,3-11,15-19,21-22H2,1-2H3,(H,31,32)(H,36,37). The third-order valence-electron chi connectivity index (χ3n) is 8.70. The number of aliphatic carboxylic acids is 1. The van der Waals surface area contributed by atoms with E-state index in [9.17, 15) is 4.79 Å². The van der Waals surface area contributed by atoms with Crippen LogP contribution in [0.2, 0.25) is 0 Å². The summed E-state index contributed by atoms with van der Waals surface area (Å²) in [7, 11) is 0. The van der Waals surface area contributed by atoms with Crippen LogP contribution < -0.4 is 5.32 Å². The highest BCUT2D eigenvalue weighted by molar-refractivity contribution is 5.66. The first-order chi connectivity index (χ1) is 18.0. The van der Waals surface area contributed by atoms with Gasteiger partial charge in [-0.3, -0.25) is 4.79 Å². The lowest BCUT2D eigenvalue weighted by Crippen LogP contribution is -2.45. The molecule has 0 aromatic carbocycles. The largest absolute Gasteiger partial charge is 0.481 e. The maximum absolute atomic E-state index is 10.9. The maximum atomic E-state index is 10.9. The second-order valence-electron chi connectivity index (χ2n) is 11.1. The number of carbonyl (C=O) groups is 1. The van der Waals surface area contributed by atoms with Gasteiger partial charge in [-0.05, 0) is 83.1 Å². The van der Waals surface area contributed by atoms with Gasteiger partial charge in [0.2, 0.25) is 0 Å². The molecule has 1 unspecified atom stereocenters. The highest BCUT2D eigenvalue weighted by Crippen LogP contribution is 2.41. The van der Waals surface area contributed by atoms with Crippen molar-refractivity contribution in [3.8, 4) is 0 Å². The number of carboxylic acids is 1.